The number of ether oxygens (including phenoxy) is 1. The average molecular weight is 391 g/mol. The van der Waals surface area contributed by atoms with Crippen LogP contribution in [0.4, 0.5) is 0 Å². The number of halogens is 1. The highest BCUT2D eigenvalue weighted by Gasteiger charge is 2.29. The Hall–Kier alpha value is -2.56. The predicted octanol–water partition coefficient (Wildman–Crippen LogP) is 2.41. The summed E-state index contributed by atoms with van der Waals surface area (Å²) in [6, 6.07) is 13.4. The molecule has 8 heteroatoms. The van der Waals surface area contributed by atoms with Gasteiger partial charge >= 0.3 is 0 Å². The lowest BCUT2D eigenvalue weighted by Gasteiger charge is -2.24. The number of fused-ring (bicyclic) bond motifs is 1. The van der Waals surface area contributed by atoms with Crippen LogP contribution in [-0.2, 0) is 27.0 Å². The van der Waals surface area contributed by atoms with E-state index in [0.29, 0.717) is 22.8 Å². The quantitative estimate of drug-likeness (QED) is 0.864. The molecule has 1 atom stereocenters. The molecule has 26 heavy (non-hydrogen) atoms. The van der Waals surface area contributed by atoms with Gasteiger partial charge in [0, 0.05) is 5.02 Å². The van der Waals surface area contributed by atoms with Gasteiger partial charge in [-0.05, 0) is 41.8 Å². The summed E-state index contributed by atoms with van der Waals surface area (Å²) in [6.45, 7) is 0.0881. The largest absolute Gasteiger partial charge is 0.492 e. The zero-order valence-corrected chi connectivity index (χ0v) is 15.2. The molecule has 1 aliphatic rings. The van der Waals surface area contributed by atoms with Crippen molar-refractivity contribution in [3.05, 3.63) is 64.2 Å². The van der Waals surface area contributed by atoms with Crippen LogP contribution >= 0.6 is 11.6 Å². The van der Waals surface area contributed by atoms with Gasteiger partial charge in [0.15, 0.2) is 0 Å². The van der Waals surface area contributed by atoms with Crippen molar-refractivity contribution in [2.75, 3.05) is 6.61 Å². The van der Waals surface area contributed by atoms with Crippen LogP contribution in [0, 0.1) is 17.2 Å². The summed E-state index contributed by atoms with van der Waals surface area (Å²) in [6.07, 6.45) is 0.339. The fraction of sp³-hybridized carbons (Fsp3) is 0.222. The van der Waals surface area contributed by atoms with Crippen LogP contribution in [0.25, 0.3) is 0 Å². The molecule has 0 bridgehead atoms. The molecule has 0 spiro atoms. The van der Waals surface area contributed by atoms with Gasteiger partial charge in [-0.1, -0.05) is 29.8 Å². The maximum absolute atomic E-state index is 12.4. The monoisotopic (exact) mass is 390 g/mol. The topological polar surface area (TPSA) is 96.3 Å². The second-order valence-corrected chi connectivity index (χ2v) is 8.12. The van der Waals surface area contributed by atoms with E-state index in [-0.39, 0.29) is 12.2 Å². The summed E-state index contributed by atoms with van der Waals surface area (Å²) in [5.41, 5.74) is 1.36. The maximum atomic E-state index is 12.4. The van der Waals surface area contributed by atoms with Gasteiger partial charge in [0.1, 0.15) is 12.4 Å². The van der Waals surface area contributed by atoms with E-state index in [1.807, 2.05) is 6.07 Å². The van der Waals surface area contributed by atoms with E-state index >= 15 is 0 Å². The SMILES string of the molecule is N#Cc1ccccc1CS(=O)(=O)NC(=O)[C@@H]1COc2ccc(Cl)cc2C1. The third kappa shape index (κ3) is 4.15. The summed E-state index contributed by atoms with van der Waals surface area (Å²) < 4.78 is 32.2. The molecule has 1 heterocycles. The summed E-state index contributed by atoms with van der Waals surface area (Å²) in [7, 11) is -3.93. The van der Waals surface area contributed by atoms with Gasteiger partial charge in [-0.3, -0.25) is 9.52 Å². The smallest absolute Gasteiger partial charge is 0.240 e. The fourth-order valence-electron chi connectivity index (χ4n) is 2.76. The van der Waals surface area contributed by atoms with Crippen LogP contribution < -0.4 is 9.46 Å². The Bertz CT molecular complexity index is 998. The molecule has 3 rings (SSSR count). The Morgan fingerprint density at radius 3 is 2.85 bits per heavy atom. The van der Waals surface area contributed by atoms with Crippen LogP contribution in [0.2, 0.25) is 5.02 Å². The van der Waals surface area contributed by atoms with Gasteiger partial charge in [0.2, 0.25) is 15.9 Å². The van der Waals surface area contributed by atoms with Crippen LogP contribution in [0.5, 0.6) is 5.75 Å². The lowest BCUT2D eigenvalue weighted by molar-refractivity contribution is -0.124. The molecule has 1 N–H and O–H groups in total. The molecule has 2 aromatic carbocycles. The van der Waals surface area contributed by atoms with E-state index in [9.17, 15) is 13.2 Å². The van der Waals surface area contributed by atoms with Gasteiger partial charge < -0.3 is 4.74 Å². The summed E-state index contributed by atoms with van der Waals surface area (Å²) in [4.78, 5) is 12.4. The van der Waals surface area contributed by atoms with E-state index in [2.05, 4.69) is 4.72 Å². The second-order valence-electron chi connectivity index (χ2n) is 5.96. The van der Waals surface area contributed by atoms with Crippen molar-refractivity contribution in [1.82, 2.24) is 4.72 Å². The molecule has 0 saturated carbocycles. The van der Waals surface area contributed by atoms with E-state index in [1.54, 1.807) is 36.4 Å². The normalized spacial score (nSPS) is 16.1. The van der Waals surface area contributed by atoms with Gasteiger partial charge in [0.25, 0.3) is 0 Å². The molecule has 0 aromatic heterocycles. The standard InChI is InChI=1S/C18H15ClN2O4S/c19-16-5-6-17-14(8-16)7-15(10-25-17)18(22)21-26(23,24)11-13-4-2-1-3-12(13)9-20/h1-6,8,15H,7,10-11H2,(H,21,22)/t15-/m0/s1. The first-order valence-electron chi connectivity index (χ1n) is 7.81. The molecule has 1 amide bonds. The minimum atomic E-state index is -3.93. The third-order valence-corrected chi connectivity index (χ3v) is 5.48. The number of nitrogens with one attached hydrogen (secondary N) is 1. The highest BCUT2D eigenvalue weighted by molar-refractivity contribution is 7.89. The number of hydrogen-bond acceptors (Lipinski definition) is 5. The van der Waals surface area contributed by atoms with Gasteiger partial charge in [-0.15, -0.1) is 0 Å². The molecule has 0 aliphatic carbocycles. The maximum Gasteiger partial charge on any atom is 0.240 e. The number of hydrogen-bond donors (Lipinski definition) is 1. The molecule has 1 aliphatic heterocycles. The van der Waals surface area contributed by atoms with Crippen molar-refractivity contribution < 1.29 is 17.9 Å². The van der Waals surface area contributed by atoms with Crippen molar-refractivity contribution >= 4 is 27.5 Å². The number of amides is 1. The first-order chi connectivity index (χ1) is 12.4. The fourth-order valence-corrected chi connectivity index (χ4v) is 4.17. The first kappa shape index (κ1) is 18.2. The average Bonchev–Trinajstić information content (AvgIpc) is 2.60. The van der Waals surface area contributed by atoms with Crippen LogP contribution in [0.1, 0.15) is 16.7 Å². The minimum Gasteiger partial charge on any atom is -0.492 e. The number of nitrogens with zero attached hydrogens (tertiary/aromatic N) is 1. The zero-order valence-electron chi connectivity index (χ0n) is 13.6. The predicted molar refractivity (Wildman–Crippen MR) is 96.1 cm³/mol. The van der Waals surface area contributed by atoms with Gasteiger partial charge in [0.05, 0.1) is 23.3 Å². The van der Waals surface area contributed by atoms with Crippen molar-refractivity contribution in [2.24, 2.45) is 5.92 Å². The Morgan fingerprint density at radius 1 is 1.31 bits per heavy atom. The van der Waals surface area contributed by atoms with Gasteiger partial charge in [-0.25, -0.2) is 8.42 Å². The van der Waals surface area contributed by atoms with Crippen molar-refractivity contribution in [3.8, 4) is 11.8 Å². The molecule has 134 valence electrons. The number of nitriles is 1. The molecule has 2 aromatic rings. The number of rotatable bonds is 4. The third-order valence-electron chi connectivity index (χ3n) is 4.04. The Kier molecular flexibility index (Phi) is 5.16. The van der Waals surface area contributed by atoms with E-state index in [4.69, 9.17) is 21.6 Å². The van der Waals surface area contributed by atoms with Gasteiger partial charge in [-0.2, -0.15) is 5.26 Å². The highest BCUT2D eigenvalue weighted by atomic mass is 35.5. The number of carbonyl (C=O) groups is 1. The van der Waals surface area contributed by atoms with Crippen LogP contribution in [-0.4, -0.2) is 20.9 Å². The molecule has 0 saturated heterocycles. The molecular weight excluding hydrogens is 376 g/mol. The summed E-state index contributed by atoms with van der Waals surface area (Å²) >= 11 is 5.95. The molecule has 6 nitrogen and oxygen atoms in total. The Labute approximate surface area is 156 Å². The van der Waals surface area contributed by atoms with Crippen molar-refractivity contribution in [1.29, 1.82) is 5.26 Å². The molecule has 0 fully saturated rings. The summed E-state index contributed by atoms with van der Waals surface area (Å²) in [5.74, 6) is -1.07. The number of benzene rings is 2. The second kappa shape index (κ2) is 7.36. The van der Waals surface area contributed by atoms with E-state index < -0.39 is 27.6 Å². The summed E-state index contributed by atoms with van der Waals surface area (Å²) in [5, 5.41) is 9.58. The van der Waals surface area contributed by atoms with E-state index in [0.717, 1.165) is 5.56 Å². The molecule has 0 unspecified atom stereocenters. The van der Waals surface area contributed by atoms with Crippen molar-refractivity contribution in [3.63, 3.8) is 0 Å². The zero-order chi connectivity index (χ0) is 18.7. The van der Waals surface area contributed by atoms with Crippen LogP contribution in [0.3, 0.4) is 0 Å². The van der Waals surface area contributed by atoms with E-state index in [1.165, 1.54) is 6.07 Å². The molecule has 0 radical (unpaired) electrons. The Balaban J connectivity index is 1.70. The molecular formula is C18H15ClN2O4S. The number of carbonyl (C=O) groups excluding carboxylic acids is 1. The van der Waals surface area contributed by atoms with Crippen LogP contribution in [0.15, 0.2) is 42.5 Å². The highest BCUT2D eigenvalue weighted by Crippen LogP contribution is 2.30. The lowest BCUT2D eigenvalue weighted by Crippen LogP contribution is -2.40. The number of sulfonamides is 1. The minimum absolute atomic E-state index is 0.0881. The lowest BCUT2D eigenvalue weighted by atomic mass is 9.96. The Morgan fingerprint density at radius 2 is 2.08 bits per heavy atom. The first-order valence-corrected chi connectivity index (χ1v) is 9.84. The van der Waals surface area contributed by atoms with Crippen molar-refractivity contribution in [2.45, 2.75) is 12.2 Å².